The van der Waals surface area contributed by atoms with Crippen LogP contribution in [0.4, 0.5) is 0 Å². The van der Waals surface area contributed by atoms with E-state index in [1.54, 1.807) is 45.7 Å². The highest BCUT2D eigenvalue weighted by Gasteiger charge is 2.14. The second-order valence-electron chi connectivity index (χ2n) is 7.11. The summed E-state index contributed by atoms with van der Waals surface area (Å²) < 4.78 is 15.8. The van der Waals surface area contributed by atoms with Gasteiger partial charge in [0.2, 0.25) is 0 Å². The Bertz CT molecular complexity index is 1320. The predicted octanol–water partition coefficient (Wildman–Crippen LogP) is 4.69. The van der Waals surface area contributed by atoms with Gasteiger partial charge in [0.1, 0.15) is 5.75 Å². The molecule has 33 heavy (non-hydrogen) atoms. The second kappa shape index (κ2) is 9.82. The molecule has 0 aliphatic heterocycles. The minimum absolute atomic E-state index is 0.333. The monoisotopic (exact) mass is 441 g/mol. The normalized spacial score (nSPS) is 10.9. The van der Waals surface area contributed by atoms with Gasteiger partial charge >= 0.3 is 0 Å². The Kier molecular flexibility index (Phi) is 6.50. The molecule has 0 unspecified atom stereocenters. The Morgan fingerprint density at radius 1 is 0.879 bits per heavy atom. The van der Waals surface area contributed by atoms with Gasteiger partial charge < -0.3 is 14.2 Å². The van der Waals surface area contributed by atoms with Gasteiger partial charge in [0.15, 0.2) is 11.5 Å². The molecular formula is C26H23N3O4. The third-order valence-electron chi connectivity index (χ3n) is 5.13. The lowest BCUT2D eigenvalue weighted by atomic mass is 10.0. The number of hydrogen-bond acceptors (Lipinski definition) is 6. The zero-order chi connectivity index (χ0) is 23.2. The molecule has 0 radical (unpaired) electrons. The number of carbonyl (C=O) groups is 1. The Labute approximate surface area is 191 Å². The molecule has 4 rings (SSSR count). The Morgan fingerprint density at radius 2 is 1.64 bits per heavy atom. The first-order chi connectivity index (χ1) is 16.1. The molecule has 1 amide bonds. The van der Waals surface area contributed by atoms with Crippen molar-refractivity contribution in [2.45, 2.75) is 0 Å². The molecule has 1 aromatic heterocycles. The molecule has 0 saturated carbocycles. The standard InChI is InChI=1S/C26H23N3O4/c1-31-19-11-9-18(10-12-19)23-15-21(20-6-4-5-7-22(20)28-23)26(30)29-27-16-17-8-13-24(32-2)25(14-17)33-3/h4-16H,1-3H3,(H,29,30)/b27-16+. The zero-order valence-corrected chi connectivity index (χ0v) is 18.5. The third kappa shape index (κ3) is 4.77. The number of benzene rings is 3. The van der Waals surface area contributed by atoms with Gasteiger partial charge in [0.25, 0.3) is 5.91 Å². The van der Waals surface area contributed by atoms with E-state index in [1.165, 1.54) is 0 Å². The fourth-order valence-corrected chi connectivity index (χ4v) is 3.43. The number of rotatable bonds is 7. The summed E-state index contributed by atoms with van der Waals surface area (Å²) in [6.45, 7) is 0. The molecule has 4 aromatic rings. The number of methoxy groups -OCH3 is 3. The van der Waals surface area contributed by atoms with Gasteiger partial charge in [-0.05, 0) is 60.2 Å². The molecule has 166 valence electrons. The largest absolute Gasteiger partial charge is 0.497 e. The van der Waals surface area contributed by atoms with Crippen molar-refractivity contribution in [2.24, 2.45) is 5.10 Å². The number of hydrazone groups is 1. The predicted molar refractivity (Wildman–Crippen MR) is 128 cm³/mol. The van der Waals surface area contributed by atoms with E-state index >= 15 is 0 Å². The molecule has 7 heteroatoms. The number of nitrogens with zero attached hydrogens (tertiary/aromatic N) is 2. The summed E-state index contributed by atoms with van der Waals surface area (Å²) in [5.41, 5.74) is 6.14. The van der Waals surface area contributed by atoms with E-state index in [1.807, 2.05) is 54.6 Å². The van der Waals surface area contributed by atoms with Crippen molar-refractivity contribution in [1.82, 2.24) is 10.4 Å². The Hall–Kier alpha value is -4.39. The molecule has 1 heterocycles. The fraction of sp³-hybridized carbons (Fsp3) is 0.115. The van der Waals surface area contributed by atoms with E-state index in [2.05, 4.69) is 10.5 Å². The van der Waals surface area contributed by atoms with E-state index in [0.29, 0.717) is 22.8 Å². The summed E-state index contributed by atoms with van der Waals surface area (Å²) in [6, 6.07) is 22.2. The number of fused-ring (bicyclic) bond motifs is 1. The van der Waals surface area contributed by atoms with Crippen LogP contribution in [-0.4, -0.2) is 38.4 Å². The van der Waals surface area contributed by atoms with Crippen LogP contribution in [0.2, 0.25) is 0 Å². The number of carbonyl (C=O) groups excluding carboxylic acids is 1. The first-order valence-electron chi connectivity index (χ1n) is 10.2. The van der Waals surface area contributed by atoms with Crippen molar-refractivity contribution in [3.63, 3.8) is 0 Å². The highest BCUT2D eigenvalue weighted by Crippen LogP contribution is 2.28. The number of amides is 1. The van der Waals surface area contributed by atoms with Gasteiger partial charge in [-0.2, -0.15) is 5.10 Å². The first-order valence-corrected chi connectivity index (χ1v) is 10.2. The van der Waals surface area contributed by atoms with Crippen molar-refractivity contribution < 1.29 is 19.0 Å². The average Bonchev–Trinajstić information content (AvgIpc) is 2.87. The maximum atomic E-state index is 13.0. The molecule has 1 N–H and O–H groups in total. The first kappa shape index (κ1) is 21.8. The SMILES string of the molecule is COc1ccc(-c2cc(C(=O)N/N=C/c3ccc(OC)c(OC)c3)c3ccccc3n2)cc1. The van der Waals surface area contributed by atoms with E-state index in [4.69, 9.17) is 19.2 Å². The smallest absolute Gasteiger partial charge is 0.272 e. The molecule has 0 aliphatic rings. The maximum absolute atomic E-state index is 13.0. The van der Waals surface area contributed by atoms with Gasteiger partial charge in [-0.15, -0.1) is 0 Å². The quantitative estimate of drug-likeness (QED) is 0.332. The summed E-state index contributed by atoms with van der Waals surface area (Å²) in [7, 11) is 4.76. The molecule has 7 nitrogen and oxygen atoms in total. The molecule has 0 saturated heterocycles. The molecule has 3 aromatic carbocycles. The van der Waals surface area contributed by atoms with E-state index in [9.17, 15) is 4.79 Å². The third-order valence-corrected chi connectivity index (χ3v) is 5.13. The Balaban J connectivity index is 1.62. The molecular weight excluding hydrogens is 418 g/mol. The number of aromatic nitrogens is 1. The maximum Gasteiger partial charge on any atom is 0.272 e. The number of nitrogens with one attached hydrogen (secondary N) is 1. The van der Waals surface area contributed by atoms with Crippen LogP contribution in [0.15, 0.2) is 77.9 Å². The van der Waals surface area contributed by atoms with Crippen LogP contribution >= 0.6 is 0 Å². The van der Waals surface area contributed by atoms with E-state index in [0.717, 1.165) is 27.8 Å². The zero-order valence-electron chi connectivity index (χ0n) is 18.5. The highest BCUT2D eigenvalue weighted by atomic mass is 16.5. The van der Waals surface area contributed by atoms with Crippen LogP contribution in [0.3, 0.4) is 0 Å². The van der Waals surface area contributed by atoms with Gasteiger partial charge in [-0.3, -0.25) is 4.79 Å². The van der Waals surface area contributed by atoms with Gasteiger partial charge in [0, 0.05) is 10.9 Å². The number of hydrogen-bond donors (Lipinski definition) is 1. The van der Waals surface area contributed by atoms with Gasteiger partial charge in [0.05, 0.1) is 44.3 Å². The van der Waals surface area contributed by atoms with Crippen molar-refractivity contribution in [3.8, 4) is 28.5 Å². The van der Waals surface area contributed by atoms with Crippen LogP contribution in [0.25, 0.3) is 22.2 Å². The van der Waals surface area contributed by atoms with E-state index < -0.39 is 0 Å². The average molecular weight is 441 g/mol. The van der Waals surface area contributed by atoms with Gasteiger partial charge in [-0.25, -0.2) is 10.4 Å². The van der Waals surface area contributed by atoms with Crippen LogP contribution in [0.1, 0.15) is 15.9 Å². The summed E-state index contributed by atoms with van der Waals surface area (Å²) in [5, 5.41) is 4.87. The van der Waals surface area contributed by atoms with Crippen LogP contribution < -0.4 is 19.6 Å². The molecule has 0 bridgehead atoms. The van der Waals surface area contributed by atoms with Crippen molar-refractivity contribution in [1.29, 1.82) is 0 Å². The summed E-state index contributed by atoms with van der Waals surface area (Å²) in [4.78, 5) is 17.8. The summed E-state index contributed by atoms with van der Waals surface area (Å²) >= 11 is 0. The minimum Gasteiger partial charge on any atom is -0.497 e. The van der Waals surface area contributed by atoms with Crippen LogP contribution in [0.5, 0.6) is 17.2 Å². The molecule has 0 fully saturated rings. The number of pyridine rings is 1. The summed E-state index contributed by atoms with van der Waals surface area (Å²) in [6.07, 6.45) is 1.55. The number of para-hydroxylation sites is 1. The molecule has 0 aliphatic carbocycles. The molecule has 0 atom stereocenters. The molecule has 0 spiro atoms. The Morgan fingerprint density at radius 3 is 2.36 bits per heavy atom. The topological polar surface area (TPSA) is 82.0 Å². The second-order valence-corrected chi connectivity index (χ2v) is 7.11. The highest BCUT2D eigenvalue weighted by molar-refractivity contribution is 6.07. The van der Waals surface area contributed by atoms with Gasteiger partial charge in [-0.1, -0.05) is 18.2 Å². The van der Waals surface area contributed by atoms with Crippen molar-refractivity contribution in [3.05, 3.63) is 83.9 Å². The van der Waals surface area contributed by atoms with Crippen LogP contribution in [-0.2, 0) is 0 Å². The fourth-order valence-electron chi connectivity index (χ4n) is 3.43. The minimum atomic E-state index is -0.333. The van der Waals surface area contributed by atoms with Crippen molar-refractivity contribution >= 4 is 23.0 Å². The van der Waals surface area contributed by atoms with E-state index in [-0.39, 0.29) is 5.91 Å². The lowest BCUT2D eigenvalue weighted by molar-refractivity contribution is 0.0956. The van der Waals surface area contributed by atoms with Crippen molar-refractivity contribution in [2.75, 3.05) is 21.3 Å². The summed E-state index contributed by atoms with van der Waals surface area (Å²) in [5.74, 6) is 1.62. The lowest BCUT2D eigenvalue weighted by Gasteiger charge is -2.10. The lowest BCUT2D eigenvalue weighted by Crippen LogP contribution is -2.18. The number of ether oxygens (including phenoxy) is 3. The van der Waals surface area contributed by atoms with Crippen LogP contribution in [0, 0.1) is 0 Å².